The molecule has 0 saturated carbocycles. The van der Waals surface area contributed by atoms with Gasteiger partial charge in [0.05, 0.1) is 0 Å². The molecule has 86 valence electrons. The van der Waals surface area contributed by atoms with E-state index in [0.29, 0.717) is 6.42 Å². The van der Waals surface area contributed by atoms with E-state index in [-0.39, 0.29) is 11.3 Å². The average Bonchev–Trinajstić information content (AvgIpc) is 2.33. The highest BCUT2D eigenvalue weighted by Crippen LogP contribution is 2.31. The fraction of sp³-hybridized carbons (Fsp3) is 0.500. The summed E-state index contributed by atoms with van der Waals surface area (Å²) in [6.07, 6.45) is 3.96. The fourth-order valence-electron chi connectivity index (χ4n) is 2.21. The van der Waals surface area contributed by atoms with Crippen LogP contribution in [0.3, 0.4) is 0 Å². The zero-order valence-corrected chi connectivity index (χ0v) is 9.83. The number of nitrogens with one attached hydrogen (secondary N) is 1. The molecule has 0 radical (unpaired) electrons. The standard InChI is InChI=1S/C14H19NO/c1-14(10-8-13(16)15-11-14)9-7-12-5-3-2-4-6-12/h2-6H,7-11H2,1H3,(H,15,16). The van der Waals surface area contributed by atoms with Crippen LogP contribution >= 0.6 is 0 Å². The second-order valence-electron chi connectivity index (χ2n) is 5.07. The highest BCUT2D eigenvalue weighted by atomic mass is 16.1. The zero-order chi connectivity index (χ0) is 11.4. The van der Waals surface area contributed by atoms with Crippen LogP contribution in [0.25, 0.3) is 0 Å². The molecule has 1 heterocycles. The number of hydrogen-bond acceptors (Lipinski definition) is 1. The lowest BCUT2D eigenvalue weighted by molar-refractivity contribution is -0.124. The molecule has 1 aliphatic heterocycles. The van der Waals surface area contributed by atoms with E-state index in [1.807, 2.05) is 6.07 Å². The van der Waals surface area contributed by atoms with Crippen LogP contribution in [-0.4, -0.2) is 12.5 Å². The van der Waals surface area contributed by atoms with Gasteiger partial charge < -0.3 is 5.32 Å². The van der Waals surface area contributed by atoms with Crippen LogP contribution in [-0.2, 0) is 11.2 Å². The smallest absolute Gasteiger partial charge is 0.220 e. The first-order valence-electron chi connectivity index (χ1n) is 5.99. The Labute approximate surface area is 97.1 Å². The molecule has 1 saturated heterocycles. The quantitative estimate of drug-likeness (QED) is 0.828. The largest absolute Gasteiger partial charge is 0.356 e. The van der Waals surface area contributed by atoms with Crippen LogP contribution in [0, 0.1) is 5.41 Å². The Balaban J connectivity index is 1.88. The Morgan fingerprint density at radius 2 is 2.06 bits per heavy atom. The van der Waals surface area contributed by atoms with Gasteiger partial charge in [-0.1, -0.05) is 37.3 Å². The van der Waals surface area contributed by atoms with Crippen molar-refractivity contribution in [2.45, 2.75) is 32.6 Å². The molecular formula is C14H19NO. The number of carbonyl (C=O) groups is 1. The molecule has 1 aromatic carbocycles. The summed E-state index contributed by atoms with van der Waals surface area (Å²) in [5, 5.41) is 2.97. The van der Waals surface area contributed by atoms with Crippen molar-refractivity contribution in [3.8, 4) is 0 Å². The number of hydrogen-bond donors (Lipinski definition) is 1. The van der Waals surface area contributed by atoms with E-state index in [0.717, 1.165) is 25.8 Å². The Hall–Kier alpha value is -1.31. The summed E-state index contributed by atoms with van der Waals surface area (Å²) in [6.45, 7) is 3.11. The lowest BCUT2D eigenvalue weighted by Crippen LogP contribution is -2.41. The molecule has 2 nitrogen and oxygen atoms in total. The summed E-state index contributed by atoms with van der Waals surface area (Å²) in [4.78, 5) is 11.1. The lowest BCUT2D eigenvalue weighted by Gasteiger charge is -2.33. The van der Waals surface area contributed by atoms with E-state index in [4.69, 9.17) is 0 Å². The number of benzene rings is 1. The van der Waals surface area contributed by atoms with E-state index in [9.17, 15) is 4.79 Å². The number of aryl methyl sites for hydroxylation is 1. The van der Waals surface area contributed by atoms with Gasteiger partial charge in [-0.15, -0.1) is 0 Å². The SMILES string of the molecule is CC1(CCc2ccccc2)CCC(=O)NC1. The highest BCUT2D eigenvalue weighted by Gasteiger charge is 2.29. The number of amides is 1. The van der Waals surface area contributed by atoms with E-state index in [1.54, 1.807) is 0 Å². The van der Waals surface area contributed by atoms with Gasteiger partial charge in [0.2, 0.25) is 5.91 Å². The molecule has 0 aromatic heterocycles. The minimum Gasteiger partial charge on any atom is -0.356 e. The summed E-state index contributed by atoms with van der Waals surface area (Å²) < 4.78 is 0. The van der Waals surface area contributed by atoms with Crippen LogP contribution in [0.2, 0.25) is 0 Å². The summed E-state index contributed by atoms with van der Waals surface area (Å²) >= 11 is 0. The first-order valence-corrected chi connectivity index (χ1v) is 5.99. The molecule has 2 rings (SSSR count). The molecule has 1 amide bonds. The van der Waals surface area contributed by atoms with Gasteiger partial charge in [-0.2, -0.15) is 0 Å². The maximum atomic E-state index is 11.1. The Morgan fingerprint density at radius 3 is 2.69 bits per heavy atom. The van der Waals surface area contributed by atoms with Gasteiger partial charge in [0, 0.05) is 13.0 Å². The number of rotatable bonds is 3. The molecule has 2 heteroatoms. The average molecular weight is 217 g/mol. The number of piperidine rings is 1. The molecule has 0 spiro atoms. The van der Waals surface area contributed by atoms with E-state index >= 15 is 0 Å². The second kappa shape index (κ2) is 4.69. The van der Waals surface area contributed by atoms with Crippen molar-refractivity contribution in [2.75, 3.05) is 6.54 Å². The normalized spacial score (nSPS) is 25.2. The Bertz CT molecular complexity index is 348. The molecule has 1 N–H and O–H groups in total. The molecule has 0 aliphatic carbocycles. The van der Waals surface area contributed by atoms with Crippen molar-refractivity contribution < 1.29 is 4.79 Å². The fourth-order valence-corrected chi connectivity index (χ4v) is 2.21. The van der Waals surface area contributed by atoms with E-state index in [1.165, 1.54) is 5.56 Å². The van der Waals surface area contributed by atoms with Gasteiger partial charge in [-0.05, 0) is 30.2 Å². The van der Waals surface area contributed by atoms with Gasteiger partial charge >= 0.3 is 0 Å². The minimum atomic E-state index is 0.206. The topological polar surface area (TPSA) is 29.1 Å². The summed E-state index contributed by atoms with van der Waals surface area (Å²) in [6, 6.07) is 10.6. The molecule has 1 unspecified atom stereocenters. The molecule has 1 atom stereocenters. The Kier molecular flexibility index (Phi) is 3.28. The van der Waals surface area contributed by atoms with Gasteiger partial charge in [-0.25, -0.2) is 0 Å². The zero-order valence-electron chi connectivity index (χ0n) is 9.83. The second-order valence-corrected chi connectivity index (χ2v) is 5.07. The third kappa shape index (κ3) is 2.84. The van der Waals surface area contributed by atoms with Crippen molar-refractivity contribution in [3.05, 3.63) is 35.9 Å². The van der Waals surface area contributed by atoms with Crippen molar-refractivity contribution in [3.63, 3.8) is 0 Å². The Morgan fingerprint density at radius 1 is 1.31 bits per heavy atom. The van der Waals surface area contributed by atoms with Gasteiger partial charge in [0.15, 0.2) is 0 Å². The molecule has 1 aromatic rings. The van der Waals surface area contributed by atoms with E-state index in [2.05, 4.69) is 36.5 Å². The van der Waals surface area contributed by atoms with Crippen LogP contribution < -0.4 is 5.32 Å². The predicted octanol–water partition coefficient (Wildman–Crippen LogP) is 2.54. The van der Waals surface area contributed by atoms with Crippen LogP contribution in [0.1, 0.15) is 31.7 Å². The van der Waals surface area contributed by atoms with Crippen LogP contribution in [0.15, 0.2) is 30.3 Å². The minimum absolute atomic E-state index is 0.206. The van der Waals surface area contributed by atoms with Crippen LogP contribution in [0.5, 0.6) is 0 Å². The monoisotopic (exact) mass is 217 g/mol. The summed E-state index contributed by atoms with van der Waals surface area (Å²) in [7, 11) is 0. The maximum Gasteiger partial charge on any atom is 0.220 e. The predicted molar refractivity (Wildman–Crippen MR) is 65.1 cm³/mol. The summed E-state index contributed by atoms with van der Waals surface area (Å²) in [5.41, 5.74) is 1.67. The van der Waals surface area contributed by atoms with E-state index < -0.39 is 0 Å². The van der Waals surface area contributed by atoms with Gasteiger partial charge in [-0.3, -0.25) is 4.79 Å². The molecule has 1 fully saturated rings. The van der Waals surface area contributed by atoms with Crippen molar-refractivity contribution in [1.29, 1.82) is 0 Å². The van der Waals surface area contributed by atoms with Crippen molar-refractivity contribution in [2.24, 2.45) is 5.41 Å². The molecule has 0 bridgehead atoms. The molecular weight excluding hydrogens is 198 g/mol. The number of carbonyl (C=O) groups excluding carboxylic acids is 1. The highest BCUT2D eigenvalue weighted by molar-refractivity contribution is 5.76. The third-order valence-corrected chi connectivity index (χ3v) is 3.53. The lowest BCUT2D eigenvalue weighted by atomic mass is 9.78. The first kappa shape index (κ1) is 11.2. The van der Waals surface area contributed by atoms with Crippen molar-refractivity contribution in [1.82, 2.24) is 5.32 Å². The maximum absolute atomic E-state index is 11.1. The van der Waals surface area contributed by atoms with Crippen molar-refractivity contribution >= 4 is 5.91 Å². The molecule has 16 heavy (non-hydrogen) atoms. The van der Waals surface area contributed by atoms with Crippen LogP contribution in [0.4, 0.5) is 0 Å². The van der Waals surface area contributed by atoms with Gasteiger partial charge in [0.1, 0.15) is 0 Å². The molecule has 1 aliphatic rings. The van der Waals surface area contributed by atoms with Gasteiger partial charge in [0.25, 0.3) is 0 Å². The summed E-state index contributed by atoms with van der Waals surface area (Å²) in [5.74, 6) is 0.206. The first-order chi connectivity index (χ1) is 7.68. The third-order valence-electron chi connectivity index (χ3n) is 3.53.